The molecule has 94 valence electrons. The first-order valence-corrected chi connectivity index (χ1v) is 5.53. The third kappa shape index (κ3) is 3.88. The number of carbonyl (C=O) groups is 1. The van der Waals surface area contributed by atoms with Crippen LogP contribution in [0.2, 0.25) is 0 Å². The van der Waals surface area contributed by atoms with Crippen molar-refractivity contribution in [2.24, 2.45) is 0 Å². The summed E-state index contributed by atoms with van der Waals surface area (Å²) >= 11 is 0. The van der Waals surface area contributed by atoms with Gasteiger partial charge in [0.15, 0.2) is 0 Å². The van der Waals surface area contributed by atoms with E-state index in [1.54, 1.807) is 6.92 Å². The number of hydrogen-bond acceptors (Lipinski definition) is 1. The second-order valence-electron chi connectivity index (χ2n) is 4.12. The fourth-order valence-electron chi connectivity index (χ4n) is 1.60. The summed E-state index contributed by atoms with van der Waals surface area (Å²) in [6.07, 6.45) is -3.46. The molecular weight excluding hydrogens is 229 g/mol. The second kappa shape index (κ2) is 5.34. The van der Waals surface area contributed by atoms with Crippen molar-refractivity contribution in [1.29, 1.82) is 0 Å². The third-order valence-electron chi connectivity index (χ3n) is 2.74. The molecule has 1 rings (SSSR count). The number of carbonyl (C=O) groups excluding carboxylic acids is 1. The van der Waals surface area contributed by atoms with Crippen LogP contribution in [0.1, 0.15) is 43.7 Å². The largest absolute Gasteiger partial charge is 0.416 e. The maximum absolute atomic E-state index is 12.3. The summed E-state index contributed by atoms with van der Waals surface area (Å²) < 4.78 is 37.0. The van der Waals surface area contributed by atoms with Gasteiger partial charge in [0, 0.05) is 12.8 Å². The highest BCUT2D eigenvalue weighted by molar-refractivity contribution is 5.78. The Morgan fingerprint density at radius 1 is 1.24 bits per heavy atom. The van der Waals surface area contributed by atoms with Crippen LogP contribution in [0, 0.1) is 0 Å². The van der Waals surface area contributed by atoms with Crippen LogP contribution in [0.25, 0.3) is 0 Å². The molecular formula is C13H15F3O. The maximum Gasteiger partial charge on any atom is 0.416 e. The summed E-state index contributed by atoms with van der Waals surface area (Å²) in [5.74, 6) is 0.0853. The molecule has 0 N–H and O–H groups in total. The van der Waals surface area contributed by atoms with Crippen LogP contribution in [0.15, 0.2) is 24.3 Å². The molecule has 0 aliphatic carbocycles. The monoisotopic (exact) mass is 244 g/mol. The van der Waals surface area contributed by atoms with Crippen molar-refractivity contribution < 1.29 is 18.0 Å². The van der Waals surface area contributed by atoms with Crippen molar-refractivity contribution in [2.75, 3.05) is 0 Å². The summed E-state index contributed by atoms with van der Waals surface area (Å²) in [6.45, 7) is 3.62. The molecule has 0 aromatic heterocycles. The van der Waals surface area contributed by atoms with E-state index in [-0.39, 0.29) is 11.7 Å². The summed E-state index contributed by atoms with van der Waals surface area (Å²) in [6, 6.07) is 5.00. The lowest BCUT2D eigenvalue weighted by molar-refractivity contribution is -0.137. The first kappa shape index (κ1) is 13.7. The maximum atomic E-state index is 12.3. The first-order valence-electron chi connectivity index (χ1n) is 5.53. The van der Waals surface area contributed by atoms with Crippen LogP contribution in [-0.2, 0) is 11.0 Å². The van der Waals surface area contributed by atoms with Gasteiger partial charge in [0.2, 0.25) is 0 Å². The molecule has 1 aromatic carbocycles. The molecule has 17 heavy (non-hydrogen) atoms. The molecule has 0 radical (unpaired) electrons. The Labute approximate surface area is 98.6 Å². The van der Waals surface area contributed by atoms with Crippen molar-refractivity contribution >= 4 is 5.78 Å². The van der Waals surface area contributed by atoms with E-state index in [0.717, 1.165) is 17.7 Å². The molecule has 0 amide bonds. The molecule has 0 heterocycles. The zero-order chi connectivity index (χ0) is 13.1. The minimum absolute atomic E-state index is 0.0373. The molecule has 1 unspecified atom stereocenters. The van der Waals surface area contributed by atoms with Crippen molar-refractivity contribution in [1.82, 2.24) is 0 Å². The Kier molecular flexibility index (Phi) is 4.32. The van der Waals surface area contributed by atoms with Gasteiger partial charge in [0.1, 0.15) is 5.78 Å². The summed E-state index contributed by atoms with van der Waals surface area (Å²) in [4.78, 5) is 11.2. The number of Topliss-reactive ketones (excluding diaryl/α,β-unsaturated/α-hetero) is 1. The predicted octanol–water partition coefficient (Wildman–Crippen LogP) is 4.18. The number of benzene rings is 1. The van der Waals surface area contributed by atoms with Gasteiger partial charge in [-0.15, -0.1) is 0 Å². The minimum atomic E-state index is -4.30. The molecule has 0 aliphatic rings. The molecule has 4 heteroatoms. The lowest BCUT2D eigenvalue weighted by Crippen LogP contribution is -2.06. The van der Waals surface area contributed by atoms with Gasteiger partial charge in [-0.25, -0.2) is 0 Å². The summed E-state index contributed by atoms with van der Waals surface area (Å²) in [5.41, 5.74) is 0.107. The highest BCUT2D eigenvalue weighted by atomic mass is 19.4. The molecule has 0 spiro atoms. The minimum Gasteiger partial charge on any atom is -0.300 e. The number of hydrogen-bond donors (Lipinski definition) is 0. The normalized spacial score (nSPS) is 13.5. The van der Waals surface area contributed by atoms with Crippen molar-refractivity contribution in [3.8, 4) is 0 Å². The van der Waals surface area contributed by atoms with E-state index >= 15 is 0 Å². The highest BCUT2D eigenvalue weighted by Gasteiger charge is 2.30. The SMILES string of the molecule is CCC(=O)CC(C)c1ccc(C(F)(F)F)cc1. The number of rotatable bonds is 4. The lowest BCUT2D eigenvalue weighted by atomic mass is 9.94. The van der Waals surface area contributed by atoms with Gasteiger partial charge < -0.3 is 0 Å². The smallest absolute Gasteiger partial charge is 0.300 e. The lowest BCUT2D eigenvalue weighted by Gasteiger charge is -2.12. The quantitative estimate of drug-likeness (QED) is 0.776. The van der Waals surface area contributed by atoms with Gasteiger partial charge in [-0.05, 0) is 23.6 Å². The Balaban J connectivity index is 2.77. The Morgan fingerprint density at radius 3 is 2.18 bits per heavy atom. The van der Waals surface area contributed by atoms with E-state index in [4.69, 9.17) is 0 Å². The van der Waals surface area contributed by atoms with Gasteiger partial charge in [0.25, 0.3) is 0 Å². The van der Waals surface area contributed by atoms with Gasteiger partial charge in [-0.1, -0.05) is 26.0 Å². The molecule has 0 aliphatic heterocycles. The number of alkyl halides is 3. The summed E-state index contributed by atoms with van der Waals surface area (Å²) in [7, 11) is 0. The van der Waals surface area contributed by atoms with Crippen LogP contribution in [0.5, 0.6) is 0 Å². The Hall–Kier alpha value is -1.32. The fraction of sp³-hybridized carbons (Fsp3) is 0.462. The fourth-order valence-corrected chi connectivity index (χ4v) is 1.60. The standard InChI is InChI=1S/C13H15F3O/c1-3-12(17)8-9(2)10-4-6-11(7-5-10)13(14,15)16/h4-7,9H,3,8H2,1-2H3. The van der Waals surface area contributed by atoms with E-state index in [0.29, 0.717) is 12.8 Å². The highest BCUT2D eigenvalue weighted by Crippen LogP contribution is 2.30. The number of halogens is 3. The van der Waals surface area contributed by atoms with E-state index in [2.05, 4.69) is 0 Å². The van der Waals surface area contributed by atoms with Gasteiger partial charge in [-0.3, -0.25) is 4.79 Å². The zero-order valence-electron chi connectivity index (χ0n) is 9.84. The molecule has 1 nitrogen and oxygen atoms in total. The zero-order valence-corrected chi connectivity index (χ0v) is 9.84. The average Bonchev–Trinajstić information content (AvgIpc) is 2.27. The van der Waals surface area contributed by atoms with Crippen molar-refractivity contribution in [3.63, 3.8) is 0 Å². The molecule has 1 atom stereocenters. The van der Waals surface area contributed by atoms with Crippen LogP contribution >= 0.6 is 0 Å². The van der Waals surface area contributed by atoms with Crippen LogP contribution in [0.3, 0.4) is 0 Å². The van der Waals surface area contributed by atoms with E-state index in [9.17, 15) is 18.0 Å². The molecule has 0 fully saturated rings. The van der Waals surface area contributed by atoms with E-state index in [1.807, 2.05) is 6.92 Å². The van der Waals surface area contributed by atoms with Crippen LogP contribution in [0.4, 0.5) is 13.2 Å². The van der Waals surface area contributed by atoms with Crippen molar-refractivity contribution in [2.45, 2.75) is 38.8 Å². The van der Waals surface area contributed by atoms with E-state index in [1.165, 1.54) is 12.1 Å². The van der Waals surface area contributed by atoms with Gasteiger partial charge in [0.05, 0.1) is 5.56 Å². The predicted molar refractivity (Wildman–Crippen MR) is 59.8 cm³/mol. The second-order valence-corrected chi connectivity index (χ2v) is 4.12. The molecule has 0 saturated carbocycles. The average molecular weight is 244 g/mol. The topological polar surface area (TPSA) is 17.1 Å². The number of ketones is 1. The Bertz CT molecular complexity index is 379. The summed E-state index contributed by atoms with van der Waals surface area (Å²) in [5, 5.41) is 0. The first-order chi connectivity index (χ1) is 7.84. The van der Waals surface area contributed by atoms with E-state index < -0.39 is 11.7 Å². The van der Waals surface area contributed by atoms with Gasteiger partial charge >= 0.3 is 6.18 Å². The molecule has 1 aromatic rings. The third-order valence-corrected chi connectivity index (χ3v) is 2.74. The van der Waals surface area contributed by atoms with Crippen molar-refractivity contribution in [3.05, 3.63) is 35.4 Å². The molecule has 0 bridgehead atoms. The van der Waals surface area contributed by atoms with Crippen LogP contribution < -0.4 is 0 Å². The van der Waals surface area contributed by atoms with Gasteiger partial charge in [-0.2, -0.15) is 13.2 Å². The molecule has 0 saturated heterocycles. The Morgan fingerprint density at radius 2 is 1.76 bits per heavy atom. The van der Waals surface area contributed by atoms with Crippen LogP contribution in [-0.4, -0.2) is 5.78 Å².